The Morgan fingerprint density at radius 3 is 2.57 bits per heavy atom. The highest BCUT2D eigenvalue weighted by Gasteiger charge is 2.16. The third kappa shape index (κ3) is 4.55. The molecule has 0 aliphatic heterocycles. The van der Waals surface area contributed by atoms with Crippen LogP contribution in [0.3, 0.4) is 0 Å². The van der Waals surface area contributed by atoms with Gasteiger partial charge in [-0.15, -0.1) is 0 Å². The largest absolute Gasteiger partial charge is 0.491 e. The van der Waals surface area contributed by atoms with Crippen molar-refractivity contribution in [2.24, 2.45) is 5.73 Å². The van der Waals surface area contributed by atoms with Gasteiger partial charge in [-0.2, -0.15) is 0 Å². The summed E-state index contributed by atoms with van der Waals surface area (Å²) in [4.78, 5) is 0. The van der Waals surface area contributed by atoms with Crippen LogP contribution in [0.1, 0.15) is 11.1 Å². The van der Waals surface area contributed by atoms with Crippen LogP contribution in [0, 0.1) is 12.7 Å². The maximum atomic E-state index is 13.0. The summed E-state index contributed by atoms with van der Waals surface area (Å²) in [6, 6.07) is 13.6. The lowest BCUT2D eigenvalue weighted by atomic mass is 10.0. The molecule has 2 rings (SSSR count). The quantitative estimate of drug-likeness (QED) is 0.859. The summed E-state index contributed by atoms with van der Waals surface area (Å²) in [5.74, 6) is 0.253. The Morgan fingerprint density at radius 2 is 1.90 bits per heavy atom. The molecule has 0 amide bonds. The van der Waals surface area contributed by atoms with Crippen molar-refractivity contribution in [3.63, 3.8) is 0 Å². The van der Waals surface area contributed by atoms with Gasteiger partial charge in [0, 0.05) is 6.04 Å². The van der Waals surface area contributed by atoms with E-state index >= 15 is 0 Å². The first-order chi connectivity index (χ1) is 10.1. The molecule has 2 atom stereocenters. The smallest absolute Gasteiger partial charge is 0.123 e. The van der Waals surface area contributed by atoms with Crippen molar-refractivity contribution in [3.8, 4) is 5.75 Å². The van der Waals surface area contributed by atoms with E-state index in [0.29, 0.717) is 17.7 Å². The molecule has 2 unspecified atom stereocenters. The molecule has 4 heteroatoms. The summed E-state index contributed by atoms with van der Waals surface area (Å²) in [5, 5.41) is 10.1. The molecule has 0 aliphatic rings. The molecule has 0 aliphatic carbocycles. The number of aliphatic hydroxyl groups is 1. The van der Waals surface area contributed by atoms with E-state index in [4.69, 9.17) is 10.5 Å². The van der Waals surface area contributed by atoms with Crippen LogP contribution in [0.15, 0.2) is 48.5 Å². The van der Waals surface area contributed by atoms with Gasteiger partial charge in [-0.1, -0.05) is 30.3 Å². The predicted molar refractivity (Wildman–Crippen MR) is 80.8 cm³/mol. The predicted octanol–water partition coefficient (Wildman–Crippen LogP) is 2.44. The molecule has 3 N–H and O–H groups in total. The summed E-state index contributed by atoms with van der Waals surface area (Å²) in [6.07, 6.45) is -0.206. The third-order valence-corrected chi connectivity index (χ3v) is 3.36. The fraction of sp³-hybridized carbons (Fsp3) is 0.294. The molecular formula is C17H20FNO2. The van der Waals surface area contributed by atoms with E-state index < -0.39 is 12.1 Å². The molecule has 0 saturated heterocycles. The van der Waals surface area contributed by atoms with E-state index in [0.717, 1.165) is 5.56 Å². The van der Waals surface area contributed by atoms with Gasteiger partial charge in [0.15, 0.2) is 0 Å². The molecule has 0 radical (unpaired) electrons. The Hall–Kier alpha value is -1.91. The van der Waals surface area contributed by atoms with Crippen LogP contribution < -0.4 is 10.5 Å². The van der Waals surface area contributed by atoms with Crippen molar-refractivity contribution in [2.45, 2.75) is 25.5 Å². The molecule has 21 heavy (non-hydrogen) atoms. The van der Waals surface area contributed by atoms with E-state index in [9.17, 15) is 9.50 Å². The van der Waals surface area contributed by atoms with Gasteiger partial charge in [-0.3, -0.25) is 0 Å². The minimum Gasteiger partial charge on any atom is -0.491 e. The highest BCUT2D eigenvalue weighted by molar-refractivity contribution is 5.32. The summed E-state index contributed by atoms with van der Waals surface area (Å²) >= 11 is 0. The van der Waals surface area contributed by atoms with Crippen LogP contribution in [-0.2, 0) is 6.42 Å². The average molecular weight is 289 g/mol. The number of ether oxygens (including phenoxy) is 1. The number of hydrogen-bond donors (Lipinski definition) is 2. The Labute approximate surface area is 124 Å². The second-order valence-electron chi connectivity index (χ2n) is 5.14. The third-order valence-electron chi connectivity index (χ3n) is 3.36. The molecule has 2 aromatic carbocycles. The summed E-state index contributed by atoms with van der Waals surface area (Å²) in [5.41, 5.74) is 7.75. The number of aliphatic hydroxyl groups excluding tert-OH is 1. The lowest BCUT2D eigenvalue weighted by Crippen LogP contribution is -2.40. The van der Waals surface area contributed by atoms with Crippen molar-refractivity contribution in [3.05, 3.63) is 65.5 Å². The normalized spacial score (nSPS) is 13.7. The van der Waals surface area contributed by atoms with Crippen LogP contribution in [0.25, 0.3) is 0 Å². The van der Waals surface area contributed by atoms with Gasteiger partial charge in [0.25, 0.3) is 0 Å². The molecule has 0 fully saturated rings. The SMILES string of the molecule is Cc1cc(F)ccc1OCC(O)C(N)Cc1ccccc1. The number of nitrogens with two attached hydrogens (primary N) is 1. The first kappa shape index (κ1) is 15.5. The zero-order chi connectivity index (χ0) is 15.2. The molecule has 0 heterocycles. The van der Waals surface area contributed by atoms with Crippen molar-refractivity contribution < 1.29 is 14.2 Å². The standard InChI is InChI=1S/C17H20FNO2/c1-12-9-14(18)7-8-17(12)21-11-16(20)15(19)10-13-5-3-2-4-6-13/h2-9,15-16,20H,10-11,19H2,1H3. The number of rotatable bonds is 6. The van der Waals surface area contributed by atoms with Crippen LogP contribution in [0.2, 0.25) is 0 Å². The van der Waals surface area contributed by atoms with Crippen molar-refractivity contribution in [1.29, 1.82) is 0 Å². The van der Waals surface area contributed by atoms with Crippen LogP contribution in [-0.4, -0.2) is 23.9 Å². The molecule has 0 spiro atoms. The number of halogens is 1. The summed E-state index contributed by atoms with van der Waals surface area (Å²) in [7, 11) is 0. The lowest BCUT2D eigenvalue weighted by Gasteiger charge is -2.20. The van der Waals surface area contributed by atoms with Crippen LogP contribution in [0.5, 0.6) is 5.75 Å². The molecule has 112 valence electrons. The Kier molecular flexibility index (Phi) is 5.31. The van der Waals surface area contributed by atoms with Gasteiger partial charge < -0.3 is 15.6 Å². The van der Waals surface area contributed by atoms with Gasteiger partial charge in [0.05, 0.1) is 0 Å². The molecule has 0 aromatic heterocycles. The van der Waals surface area contributed by atoms with E-state index in [1.165, 1.54) is 12.1 Å². The van der Waals surface area contributed by atoms with Gasteiger partial charge in [0.2, 0.25) is 0 Å². The maximum absolute atomic E-state index is 13.0. The van der Waals surface area contributed by atoms with Gasteiger partial charge >= 0.3 is 0 Å². The van der Waals surface area contributed by atoms with Crippen LogP contribution in [0.4, 0.5) is 4.39 Å². The van der Waals surface area contributed by atoms with Crippen LogP contribution >= 0.6 is 0 Å². The number of hydrogen-bond acceptors (Lipinski definition) is 3. The highest BCUT2D eigenvalue weighted by atomic mass is 19.1. The van der Waals surface area contributed by atoms with E-state index in [-0.39, 0.29) is 12.4 Å². The molecule has 2 aromatic rings. The van der Waals surface area contributed by atoms with Gasteiger partial charge in [-0.25, -0.2) is 4.39 Å². The molecule has 0 bridgehead atoms. The summed E-state index contributed by atoms with van der Waals surface area (Å²) < 4.78 is 18.5. The molecule has 3 nitrogen and oxygen atoms in total. The lowest BCUT2D eigenvalue weighted by molar-refractivity contribution is 0.0848. The van der Waals surface area contributed by atoms with E-state index in [1.807, 2.05) is 30.3 Å². The van der Waals surface area contributed by atoms with E-state index in [1.54, 1.807) is 13.0 Å². The maximum Gasteiger partial charge on any atom is 0.123 e. The minimum atomic E-state index is -0.783. The van der Waals surface area contributed by atoms with Gasteiger partial charge in [-0.05, 0) is 42.7 Å². The number of aryl methyl sites for hydroxylation is 1. The second kappa shape index (κ2) is 7.20. The molecular weight excluding hydrogens is 269 g/mol. The fourth-order valence-electron chi connectivity index (χ4n) is 2.10. The number of benzene rings is 2. The fourth-order valence-corrected chi connectivity index (χ4v) is 2.10. The zero-order valence-corrected chi connectivity index (χ0v) is 12.0. The minimum absolute atomic E-state index is 0.0838. The highest BCUT2D eigenvalue weighted by Crippen LogP contribution is 2.18. The first-order valence-electron chi connectivity index (χ1n) is 6.93. The first-order valence-corrected chi connectivity index (χ1v) is 6.93. The zero-order valence-electron chi connectivity index (χ0n) is 12.0. The Morgan fingerprint density at radius 1 is 1.19 bits per heavy atom. The summed E-state index contributed by atoms with van der Waals surface area (Å²) in [6.45, 7) is 1.84. The van der Waals surface area contributed by atoms with Gasteiger partial charge in [0.1, 0.15) is 24.3 Å². The molecule has 0 saturated carbocycles. The van der Waals surface area contributed by atoms with Crippen molar-refractivity contribution in [2.75, 3.05) is 6.61 Å². The Bertz CT molecular complexity index is 574. The topological polar surface area (TPSA) is 55.5 Å². The Balaban J connectivity index is 1.87. The average Bonchev–Trinajstić information content (AvgIpc) is 2.47. The van der Waals surface area contributed by atoms with Crippen molar-refractivity contribution in [1.82, 2.24) is 0 Å². The monoisotopic (exact) mass is 289 g/mol. The van der Waals surface area contributed by atoms with E-state index in [2.05, 4.69) is 0 Å². The second-order valence-corrected chi connectivity index (χ2v) is 5.14. The van der Waals surface area contributed by atoms with Crippen molar-refractivity contribution >= 4 is 0 Å².